The zero-order valence-electron chi connectivity index (χ0n) is 10.6. The van der Waals surface area contributed by atoms with Gasteiger partial charge in [0, 0.05) is 54.8 Å². The van der Waals surface area contributed by atoms with Gasteiger partial charge >= 0.3 is 0 Å². The SMILES string of the molecule is NCCN1CC2(CCN(c3ccc(Br)cc3)C2)C1. The van der Waals surface area contributed by atoms with Crippen LogP contribution in [0.2, 0.25) is 0 Å². The van der Waals surface area contributed by atoms with Crippen LogP contribution in [0, 0.1) is 5.41 Å². The van der Waals surface area contributed by atoms with E-state index >= 15 is 0 Å². The molecule has 0 radical (unpaired) electrons. The van der Waals surface area contributed by atoms with Crippen molar-refractivity contribution >= 4 is 21.6 Å². The molecule has 0 aromatic heterocycles. The average Bonchev–Trinajstić information content (AvgIpc) is 2.75. The van der Waals surface area contributed by atoms with Crippen LogP contribution >= 0.6 is 15.9 Å². The van der Waals surface area contributed by atoms with E-state index in [9.17, 15) is 0 Å². The number of hydrogen-bond donors (Lipinski definition) is 1. The van der Waals surface area contributed by atoms with Gasteiger partial charge in [-0.15, -0.1) is 0 Å². The summed E-state index contributed by atoms with van der Waals surface area (Å²) in [5.74, 6) is 0. The molecule has 2 saturated heterocycles. The molecular weight excluding hydrogens is 290 g/mol. The van der Waals surface area contributed by atoms with Gasteiger partial charge in [0.1, 0.15) is 0 Å². The van der Waals surface area contributed by atoms with Gasteiger partial charge < -0.3 is 15.5 Å². The summed E-state index contributed by atoms with van der Waals surface area (Å²) in [5.41, 5.74) is 7.50. The molecule has 0 aliphatic carbocycles. The van der Waals surface area contributed by atoms with Crippen molar-refractivity contribution in [2.45, 2.75) is 6.42 Å². The predicted octanol–water partition coefficient (Wildman–Crippen LogP) is 1.92. The molecule has 3 nitrogen and oxygen atoms in total. The molecule has 0 unspecified atom stereocenters. The Morgan fingerprint density at radius 2 is 1.89 bits per heavy atom. The van der Waals surface area contributed by atoms with Crippen molar-refractivity contribution in [2.75, 3.05) is 44.2 Å². The van der Waals surface area contributed by atoms with Crippen molar-refractivity contribution in [1.82, 2.24) is 4.90 Å². The summed E-state index contributed by atoms with van der Waals surface area (Å²) in [5, 5.41) is 0. The maximum absolute atomic E-state index is 5.60. The molecule has 0 amide bonds. The molecule has 1 aromatic carbocycles. The number of halogens is 1. The average molecular weight is 310 g/mol. The first kappa shape index (κ1) is 12.5. The van der Waals surface area contributed by atoms with Crippen LogP contribution in [0.3, 0.4) is 0 Å². The van der Waals surface area contributed by atoms with Crippen molar-refractivity contribution in [2.24, 2.45) is 11.1 Å². The lowest BCUT2D eigenvalue weighted by molar-refractivity contribution is 0.0213. The molecule has 0 atom stereocenters. The second-order valence-electron chi connectivity index (χ2n) is 5.65. The molecule has 1 spiro atoms. The summed E-state index contributed by atoms with van der Waals surface area (Å²) in [4.78, 5) is 5.00. The third kappa shape index (κ3) is 2.29. The largest absolute Gasteiger partial charge is 0.371 e. The highest BCUT2D eigenvalue weighted by atomic mass is 79.9. The van der Waals surface area contributed by atoms with Crippen LogP contribution in [0.5, 0.6) is 0 Å². The summed E-state index contributed by atoms with van der Waals surface area (Å²) in [6.07, 6.45) is 1.32. The fourth-order valence-corrected chi connectivity index (χ4v) is 3.57. The number of nitrogens with zero attached hydrogens (tertiary/aromatic N) is 2. The lowest BCUT2D eigenvalue weighted by Gasteiger charge is -2.48. The van der Waals surface area contributed by atoms with Gasteiger partial charge in [0.05, 0.1) is 0 Å². The number of anilines is 1. The van der Waals surface area contributed by atoms with E-state index in [1.807, 2.05) is 0 Å². The van der Waals surface area contributed by atoms with E-state index < -0.39 is 0 Å². The fourth-order valence-electron chi connectivity index (χ4n) is 3.31. The number of rotatable bonds is 3. The Labute approximate surface area is 117 Å². The van der Waals surface area contributed by atoms with Crippen LogP contribution in [0.1, 0.15) is 6.42 Å². The quantitative estimate of drug-likeness (QED) is 0.926. The first-order valence-corrected chi connectivity index (χ1v) is 7.43. The Balaban J connectivity index is 1.61. The third-order valence-corrected chi connectivity index (χ3v) is 4.72. The molecule has 3 rings (SSSR count). The monoisotopic (exact) mass is 309 g/mol. The lowest BCUT2D eigenvalue weighted by Crippen LogP contribution is -2.58. The molecule has 2 heterocycles. The predicted molar refractivity (Wildman–Crippen MR) is 78.9 cm³/mol. The molecule has 0 bridgehead atoms. The molecule has 1 aromatic rings. The number of benzene rings is 1. The first-order valence-electron chi connectivity index (χ1n) is 6.64. The van der Waals surface area contributed by atoms with Crippen molar-refractivity contribution in [1.29, 1.82) is 0 Å². The van der Waals surface area contributed by atoms with Crippen molar-refractivity contribution in [3.05, 3.63) is 28.7 Å². The second-order valence-corrected chi connectivity index (χ2v) is 6.56. The molecule has 4 heteroatoms. The summed E-state index contributed by atoms with van der Waals surface area (Å²) in [6, 6.07) is 8.67. The Morgan fingerprint density at radius 3 is 2.56 bits per heavy atom. The topological polar surface area (TPSA) is 32.5 Å². The fraction of sp³-hybridized carbons (Fsp3) is 0.571. The highest BCUT2D eigenvalue weighted by molar-refractivity contribution is 9.10. The zero-order chi connectivity index (χ0) is 12.6. The maximum atomic E-state index is 5.60. The summed E-state index contributed by atoms with van der Waals surface area (Å²) in [6.45, 7) is 6.70. The highest BCUT2D eigenvalue weighted by Crippen LogP contribution is 2.40. The van der Waals surface area contributed by atoms with Crippen LogP contribution in [-0.4, -0.2) is 44.2 Å². The van der Waals surface area contributed by atoms with E-state index in [-0.39, 0.29) is 0 Å². The smallest absolute Gasteiger partial charge is 0.0367 e. The molecule has 18 heavy (non-hydrogen) atoms. The Hall–Kier alpha value is -0.580. The number of likely N-dealkylation sites (tertiary alicyclic amines) is 1. The van der Waals surface area contributed by atoms with Crippen LogP contribution in [0.4, 0.5) is 5.69 Å². The molecule has 2 aliphatic heterocycles. The van der Waals surface area contributed by atoms with Gasteiger partial charge in [0.25, 0.3) is 0 Å². The van der Waals surface area contributed by atoms with E-state index in [4.69, 9.17) is 5.73 Å². The molecule has 2 aliphatic rings. The summed E-state index contributed by atoms with van der Waals surface area (Å²) in [7, 11) is 0. The highest BCUT2D eigenvalue weighted by Gasteiger charge is 2.47. The number of hydrogen-bond acceptors (Lipinski definition) is 3. The van der Waals surface area contributed by atoms with Gasteiger partial charge in [-0.3, -0.25) is 0 Å². The Kier molecular flexibility index (Phi) is 3.34. The van der Waals surface area contributed by atoms with Crippen molar-refractivity contribution < 1.29 is 0 Å². The molecule has 0 saturated carbocycles. The van der Waals surface area contributed by atoms with Gasteiger partial charge in [0.15, 0.2) is 0 Å². The standard InChI is InChI=1S/C14H20BrN3/c15-12-1-3-13(4-2-12)18-7-5-14(11-18)9-17(10-14)8-6-16/h1-4H,5-11,16H2. The number of nitrogens with two attached hydrogens (primary N) is 1. The molecule has 2 N–H and O–H groups in total. The normalized spacial score (nSPS) is 22.4. The lowest BCUT2D eigenvalue weighted by atomic mass is 9.79. The molecule has 2 fully saturated rings. The minimum Gasteiger partial charge on any atom is -0.371 e. The Morgan fingerprint density at radius 1 is 1.17 bits per heavy atom. The van der Waals surface area contributed by atoms with Gasteiger partial charge in [-0.05, 0) is 30.7 Å². The summed E-state index contributed by atoms with van der Waals surface area (Å²) < 4.78 is 1.15. The second kappa shape index (κ2) is 4.83. The van der Waals surface area contributed by atoms with Crippen molar-refractivity contribution in [3.63, 3.8) is 0 Å². The van der Waals surface area contributed by atoms with Crippen LogP contribution in [0.15, 0.2) is 28.7 Å². The zero-order valence-corrected chi connectivity index (χ0v) is 12.2. The van der Waals surface area contributed by atoms with Crippen molar-refractivity contribution in [3.8, 4) is 0 Å². The first-order chi connectivity index (χ1) is 8.71. The van der Waals surface area contributed by atoms with Gasteiger partial charge in [-0.2, -0.15) is 0 Å². The maximum Gasteiger partial charge on any atom is 0.0367 e. The van der Waals surface area contributed by atoms with Gasteiger partial charge in [0.2, 0.25) is 0 Å². The van der Waals surface area contributed by atoms with Crippen LogP contribution < -0.4 is 10.6 Å². The van der Waals surface area contributed by atoms with E-state index in [1.54, 1.807) is 0 Å². The minimum absolute atomic E-state index is 0.544. The molecular formula is C14H20BrN3. The van der Waals surface area contributed by atoms with Crippen LogP contribution in [0.25, 0.3) is 0 Å². The summed E-state index contributed by atoms with van der Waals surface area (Å²) >= 11 is 3.49. The van der Waals surface area contributed by atoms with E-state index in [2.05, 4.69) is 50.0 Å². The van der Waals surface area contributed by atoms with Crippen LogP contribution in [-0.2, 0) is 0 Å². The van der Waals surface area contributed by atoms with Gasteiger partial charge in [-0.25, -0.2) is 0 Å². The minimum atomic E-state index is 0.544. The van der Waals surface area contributed by atoms with Gasteiger partial charge in [-0.1, -0.05) is 15.9 Å². The Bertz CT molecular complexity index is 412. The third-order valence-electron chi connectivity index (χ3n) is 4.19. The van der Waals surface area contributed by atoms with E-state index in [1.165, 1.54) is 38.3 Å². The van der Waals surface area contributed by atoms with E-state index in [0.717, 1.165) is 17.6 Å². The van der Waals surface area contributed by atoms with E-state index in [0.29, 0.717) is 5.41 Å². The molecule has 98 valence electrons.